The third-order valence-electron chi connectivity index (χ3n) is 3.60. The highest BCUT2D eigenvalue weighted by Gasteiger charge is 2.19. The quantitative estimate of drug-likeness (QED) is 0.497. The Balaban J connectivity index is 4.15. The average Bonchev–Trinajstić information content (AvgIpc) is 2.14. The first kappa shape index (κ1) is 15.0. The fraction of sp³-hybridized carbons (Fsp3) is 1.00. The van der Waals surface area contributed by atoms with Crippen LogP contribution in [0.15, 0.2) is 0 Å². The molecule has 0 aromatic carbocycles. The molecule has 0 heterocycles. The number of hydrogen-bond donors (Lipinski definition) is 0. The van der Waals surface area contributed by atoms with Gasteiger partial charge in [0.25, 0.3) is 0 Å². The molecular weight excluding hydrogens is 180 g/mol. The minimum atomic E-state index is 0.864. The van der Waals surface area contributed by atoms with E-state index in [0.717, 1.165) is 23.7 Å². The first-order valence-corrected chi connectivity index (χ1v) is 7.01. The van der Waals surface area contributed by atoms with Gasteiger partial charge in [-0.25, -0.2) is 0 Å². The Morgan fingerprint density at radius 3 is 1.53 bits per heavy atom. The molecule has 0 radical (unpaired) electrons. The van der Waals surface area contributed by atoms with Crippen LogP contribution in [-0.4, -0.2) is 0 Å². The van der Waals surface area contributed by atoms with Crippen molar-refractivity contribution >= 4 is 0 Å². The van der Waals surface area contributed by atoms with Crippen LogP contribution in [0.5, 0.6) is 0 Å². The summed E-state index contributed by atoms with van der Waals surface area (Å²) in [7, 11) is 0. The van der Waals surface area contributed by atoms with Crippen molar-refractivity contribution in [3.8, 4) is 0 Å². The van der Waals surface area contributed by atoms with Crippen molar-refractivity contribution in [3.63, 3.8) is 0 Å². The lowest BCUT2D eigenvalue weighted by molar-refractivity contribution is 0.238. The van der Waals surface area contributed by atoms with Gasteiger partial charge in [0.2, 0.25) is 0 Å². The zero-order chi connectivity index (χ0) is 11.8. The largest absolute Gasteiger partial charge is 0.0651 e. The topological polar surface area (TPSA) is 0 Å². The van der Waals surface area contributed by atoms with E-state index in [-0.39, 0.29) is 0 Å². The Labute approximate surface area is 97.8 Å². The fourth-order valence-corrected chi connectivity index (χ4v) is 2.65. The lowest BCUT2D eigenvalue weighted by Crippen LogP contribution is -2.16. The molecule has 0 heteroatoms. The highest BCUT2D eigenvalue weighted by molar-refractivity contribution is 4.70. The van der Waals surface area contributed by atoms with E-state index in [9.17, 15) is 0 Å². The maximum Gasteiger partial charge on any atom is -0.0384 e. The van der Waals surface area contributed by atoms with E-state index in [2.05, 4.69) is 41.5 Å². The molecule has 0 saturated carbocycles. The molecule has 0 fully saturated rings. The molecule has 15 heavy (non-hydrogen) atoms. The van der Waals surface area contributed by atoms with Crippen LogP contribution in [0.1, 0.15) is 73.6 Å². The monoisotopic (exact) mass is 212 g/mol. The van der Waals surface area contributed by atoms with Gasteiger partial charge in [-0.05, 0) is 36.5 Å². The van der Waals surface area contributed by atoms with Gasteiger partial charge < -0.3 is 0 Å². The van der Waals surface area contributed by atoms with Crippen molar-refractivity contribution in [2.45, 2.75) is 73.6 Å². The Bertz CT molecular complexity index is 131. The van der Waals surface area contributed by atoms with Gasteiger partial charge in [-0.3, -0.25) is 0 Å². The van der Waals surface area contributed by atoms with Gasteiger partial charge >= 0.3 is 0 Å². The van der Waals surface area contributed by atoms with E-state index >= 15 is 0 Å². The molecule has 0 amide bonds. The standard InChI is InChI=1S/C15H32/c1-7-14(8-2)15(11-13(5)6)10-9-12(3)4/h12-15H,7-11H2,1-6H3. The fourth-order valence-electron chi connectivity index (χ4n) is 2.65. The average molecular weight is 212 g/mol. The van der Waals surface area contributed by atoms with Gasteiger partial charge in [0.05, 0.1) is 0 Å². The van der Waals surface area contributed by atoms with Crippen LogP contribution in [0.25, 0.3) is 0 Å². The molecular formula is C15H32. The van der Waals surface area contributed by atoms with Crippen molar-refractivity contribution < 1.29 is 0 Å². The van der Waals surface area contributed by atoms with Gasteiger partial charge in [-0.15, -0.1) is 0 Å². The smallest absolute Gasteiger partial charge is 0.0384 e. The van der Waals surface area contributed by atoms with Crippen LogP contribution in [0, 0.1) is 23.7 Å². The molecule has 0 rings (SSSR count). The molecule has 0 aliphatic carbocycles. The van der Waals surface area contributed by atoms with Gasteiger partial charge in [0.15, 0.2) is 0 Å². The first-order valence-electron chi connectivity index (χ1n) is 7.01. The molecule has 0 spiro atoms. The first-order chi connectivity index (χ1) is 7.01. The third-order valence-corrected chi connectivity index (χ3v) is 3.60. The van der Waals surface area contributed by atoms with Crippen LogP contribution in [0.3, 0.4) is 0 Å². The second kappa shape index (κ2) is 8.19. The lowest BCUT2D eigenvalue weighted by Gasteiger charge is -2.27. The van der Waals surface area contributed by atoms with E-state index in [1.54, 1.807) is 0 Å². The summed E-state index contributed by atoms with van der Waals surface area (Å²) in [6.07, 6.45) is 7.02. The van der Waals surface area contributed by atoms with Crippen molar-refractivity contribution in [3.05, 3.63) is 0 Å². The van der Waals surface area contributed by atoms with Crippen LogP contribution in [0.2, 0.25) is 0 Å². The second-order valence-corrected chi connectivity index (χ2v) is 5.94. The minimum absolute atomic E-state index is 0.864. The van der Waals surface area contributed by atoms with Crippen molar-refractivity contribution in [2.24, 2.45) is 23.7 Å². The van der Waals surface area contributed by atoms with Crippen molar-refractivity contribution in [1.82, 2.24) is 0 Å². The molecule has 0 aliphatic rings. The molecule has 0 aliphatic heterocycles. The summed E-state index contributed by atoms with van der Waals surface area (Å²) in [6.45, 7) is 14.1. The van der Waals surface area contributed by atoms with Gasteiger partial charge in [0.1, 0.15) is 0 Å². The predicted molar refractivity (Wildman–Crippen MR) is 71.1 cm³/mol. The molecule has 92 valence electrons. The summed E-state index contributed by atoms with van der Waals surface area (Å²) in [5.74, 6) is 3.67. The molecule has 1 unspecified atom stereocenters. The van der Waals surface area contributed by atoms with Gasteiger partial charge in [0, 0.05) is 0 Å². The Morgan fingerprint density at radius 1 is 0.667 bits per heavy atom. The van der Waals surface area contributed by atoms with E-state index in [4.69, 9.17) is 0 Å². The van der Waals surface area contributed by atoms with E-state index in [1.807, 2.05) is 0 Å². The molecule has 0 N–H and O–H groups in total. The van der Waals surface area contributed by atoms with Crippen LogP contribution in [0.4, 0.5) is 0 Å². The van der Waals surface area contributed by atoms with Crippen molar-refractivity contribution in [1.29, 1.82) is 0 Å². The summed E-state index contributed by atoms with van der Waals surface area (Å²) in [6, 6.07) is 0. The minimum Gasteiger partial charge on any atom is -0.0651 e. The summed E-state index contributed by atoms with van der Waals surface area (Å²) in [4.78, 5) is 0. The summed E-state index contributed by atoms with van der Waals surface area (Å²) >= 11 is 0. The molecule has 1 atom stereocenters. The predicted octanol–water partition coefficient (Wildman–Crippen LogP) is 5.52. The highest BCUT2D eigenvalue weighted by Crippen LogP contribution is 2.30. The Morgan fingerprint density at radius 2 is 1.20 bits per heavy atom. The van der Waals surface area contributed by atoms with E-state index in [0.29, 0.717) is 0 Å². The SMILES string of the molecule is CCC(CC)C(CCC(C)C)CC(C)C. The molecule has 0 saturated heterocycles. The Hall–Kier alpha value is 0. The van der Waals surface area contributed by atoms with E-state index < -0.39 is 0 Å². The number of hydrogen-bond acceptors (Lipinski definition) is 0. The molecule has 0 aromatic heterocycles. The number of rotatable bonds is 8. The Kier molecular flexibility index (Phi) is 8.19. The van der Waals surface area contributed by atoms with Crippen LogP contribution < -0.4 is 0 Å². The highest BCUT2D eigenvalue weighted by atomic mass is 14.2. The normalized spacial score (nSPS) is 14.2. The van der Waals surface area contributed by atoms with Gasteiger partial charge in [-0.1, -0.05) is 60.8 Å². The van der Waals surface area contributed by atoms with Gasteiger partial charge in [-0.2, -0.15) is 0 Å². The zero-order valence-electron chi connectivity index (χ0n) is 11.8. The maximum absolute atomic E-state index is 2.37. The molecule has 0 nitrogen and oxygen atoms in total. The molecule has 0 aromatic rings. The van der Waals surface area contributed by atoms with Crippen LogP contribution >= 0.6 is 0 Å². The van der Waals surface area contributed by atoms with E-state index in [1.165, 1.54) is 32.1 Å². The molecule has 0 bridgehead atoms. The third kappa shape index (κ3) is 6.98. The summed E-state index contributed by atoms with van der Waals surface area (Å²) in [5, 5.41) is 0. The van der Waals surface area contributed by atoms with Crippen molar-refractivity contribution in [2.75, 3.05) is 0 Å². The zero-order valence-corrected chi connectivity index (χ0v) is 11.8. The van der Waals surface area contributed by atoms with Crippen LogP contribution in [-0.2, 0) is 0 Å². The maximum atomic E-state index is 2.37. The lowest BCUT2D eigenvalue weighted by atomic mass is 9.78. The summed E-state index contributed by atoms with van der Waals surface area (Å²) in [5.41, 5.74) is 0. The summed E-state index contributed by atoms with van der Waals surface area (Å²) < 4.78 is 0. The second-order valence-electron chi connectivity index (χ2n) is 5.94.